The Balaban J connectivity index is 2.13. The van der Waals surface area contributed by atoms with E-state index >= 15 is 0 Å². The molecule has 0 aromatic heterocycles. The third kappa shape index (κ3) is 3.05. The zero-order valence-electron chi connectivity index (χ0n) is 12.7. The smallest absolute Gasteiger partial charge is 0.266 e. The molecule has 1 aliphatic carbocycles. The summed E-state index contributed by atoms with van der Waals surface area (Å²) in [5.74, 6) is -3.04. The fourth-order valence-electron chi connectivity index (χ4n) is 3.94. The molecule has 2 aliphatic rings. The fraction of sp³-hybridized carbons (Fsp3) is 0.938. The van der Waals surface area contributed by atoms with Crippen molar-refractivity contribution in [1.29, 1.82) is 0 Å². The van der Waals surface area contributed by atoms with Crippen LogP contribution < -0.4 is 0 Å². The first-order valence-corrected chi connectivity index (χ1v) is 8.07. The summed E-state index contributed by atoms with van der Waals surface area (Å²) < 4.78 is 29.7. The molecule has 1 saturated carbocycles. The Kier molecular flexibility index (Phi) is 5.16. The van der Waals surface area contributed by atoms with E-state index in [0.717, 1.165) is 32.0 Å². The lowest BCUT2D eigenvalue weighted by Gasteiger charge is -2.40. The summed E-state index contributed by atoms with van der Waals surface area (Å²) in [5, 5.41) is 0. The summed E-state index contributed by atoms with van der Waals surface area (Å²) in [6.45, 7) is 4.51. The first kappa shape index (κ1) is 15.9. The van der Waals surface area contributed by atoms with Crippen LogP contribution >= 0.6 is 0 Å². The molecule has 2 fully saturated rings. The molecular weight excluding hydrogens is 260 g/mol. The SMILES string of the molecule is CC(C)C(C=O)N1CCCC1C(F)(F)C1CCCCC1. The first-order chi connectivity index (χ1) is 9.48. The summed E-state index contributed by atoms with van der Waals surface area (Å²) in [6.07, 6.45) is 6.40. The lowest BCUT2D eigenvalue weighted by atomic mass is 9.81. The summed E-state index contributed by atoms with van der Waals surface area (Å²) in [4.78, 5) is 13.1. The average molecular weight is 287 g/mol. The van der Waals surface area contributed by atoms with Crippen LogP contribution in [0, 0.1) is 11.8 Å². The van der Waals surface area contributed by atoms with E-state index in [-0.39, 0.29) is 12.0 Å². The first-order valence-electron chi connectivity index (χ1n) is 8.07. The largest absolute Gasteiger partial charge is 0.302 e. The van der Waals surface area contributed by atoms with E-state index in [4.69, 9.17) is 0 Å². The quantitative estimate of drug-likeness (QED) is 0.715. The van der Waals surface area contributed by atoms with Crippen LogP contribution in [0.3, 0.4) is 0 Å². The van der Waals surface area contributed by atoms with Crippen LogP contribution in [0.5, 0.6) is 0 Å². The Hall–Kier alpha value is -0.510. The lowest BCUT2D eigenvalue weighted by Crippen LogP contribution is -2.53. The molecule has 2 atom stereocenters. The predicted octanol–water partition coefficient (Wildman–Crippen LogP) is 3.89. The second kappa shape index (κ2) is 6.50. The Morgan fingerprint density at radius 3 is 2.30 bits per heavy atom. The molecule has 1 saturated heterocycles. The molecule has 0 amide bonds. The van der Waals surface area contributed by atoms with Gasteiger partial charge in [0.2, 0.25) is 0 Å². The van der Waals surface area contributed by atoms with Crippen molar-refractivity contribution in [3.8, 4) is 0 Å². The summed E-state index contributed by atoms with van der Waals surface area (Å²) in [5.41, 5.74) is 0. The Morgan fingerprint density at radius 1 is 1.10 bits per heavy atom. The van der Waals surface area contributed by atoms with Gasteiger partial charge in [0.1, 0.15) is 6.29 Å². The topological polar surface area (TPSA) is 20.3 Å². The van der Waals surface area contributed by atoms with Crippen LogP contribution in [-0.2, 0) is 4.79 Å². The molecule has 0 bridgehead atoms. The number of nitrogens with zero attached hydrogens (tertiary/aromatic N) is 1. The van der Waals surface area contributed by atoms with Gasteiger partial charge in [-0.05, 0) is 38.1 Å². The van der Waals surface area contributed by atoms with E-state index in [0.29, 0.717) is 25.8 Å². The van der Waals surface area contributed by atoms with E-state index in [2.05, 4.69) is 0 Å². The third-order valence-electron chi connectivity index (χ3n) is 5.09. The highest BCUT2D eigenvalue weighted by molar-refractivity contribution is 5.58. The molecule has 2 unspecified atom stereocenters. The van der Waals surface area contributed by atoms with Gasteiger partial charge in [0, 0.05) is 5.92 Å². The van der Waals surface area contributed by atoms with Gasteiger partial charge in [-0.2, -0.15) is 0 Å². The van der Waals surface area contributed by atoms with E-state index in [1.165, 1.54) is 0 Å². The minimum atomic E-state index is -2.65. The molecule has 0 N–H and O–H groups in total. The van der Waals surface area contributed by atoms with Crippen LogP contribution in [0.4, 0.5) is 8.78 Å². The normalized spacial score (nSPS) is 27.9. The van der Waals surface area contributed by atoms with E-state index in [1.54, 1.807) is 4.90 Å². The molecule has 20 heavy (non-hydrogen) atoms. The summed E-state index contributed by atoms with van der Waals surface area (Å²) in [7, 11) is 0. The fourth-order valence-corrected chi connectivity index (χ4v) is 3.94. The van der Waals surface area contributed by atoms with Gasteiger partial charge in [-0.15, -0.1) is 0 Å². The molecule has 0 aromatic rings. The number of aldehydes is 1. The predicted molar refractivity (Wildman–Crippen MR) is 75.9 cm³/mol. The Morgan fingerprint density at radius 2 is 1.75 bits per heavy atom. The minimum Gasteiger partial charge on any atom is -0.302 e. The van der Waals surface area contributed by atoms with Gasteiger partial charge >= 0.3 is 0 Å². The van der Waals surface area contributed by atoms with Crippen LogP contribution in [0.1, 0.15) is 58.8 Å². The van der Waals surface area contributed by atoms with E-state index in [1.807, 2.05) is 13.8 Å². The molecule has 0 radical (unpaired) electrons. The second-order valence-corrected chi connectivity index (χ2v) is 6.78. The zero-order valence-corrected chi connectivity index (χ0v) is 12.7. The highest BCUT2D eigenvalue weighted by Crippen LogP contribution is 2.44. The Labute approximate surface area is 120 Å². The number of carbonyl (C=O) groups excluding carboxylic acids is 1. The maximum Gasteiger partial charge on any atom is 0.266 e. The molecule has 0 spiro atoms. The highest BCUT2D eigenvalue weighted by atomic mass is 19.3. The Bertz CT molecular complexity index is 326. The third-order valence-corrected chi connectivity index (χ3v) is 5.09. The van der Waals surface area contributed by atoms with Crippen molar-refractivity contribution in [2.45, 2.75) is 76.8 Å². The standard InChI is InChI=1S/C16H27F2NO/c1-12(2)14(11-20)19-10-6-9-15(19)16(17,18)13-7-4-3-5-8-13/h11-15H,3-10H2,1-2H3. The number of rotatable bonds is 5. The van der Waals surface area contributed by atoms with Gasteiger partial charge in [0.05, 0.1) is 12.1 Å². The van der Waals surface area contributed by atoms with Crippen LogP contribution in [0.25, 0.3) is 0 Å². The number of carbonyl (C=O) groups is 1. The van der Waals surface area contributed by atoms with Crippen molar-refractivity contribution in [2.75, 3.05) is 6.54 Å². The minimum absolute atomic E-state index is 0.0928. The van der Waals surface area contributed by atoms with Gasteiger partial charge in [-0.1, -0.05) is 33.1 Å². The van der Waals surface area contributed by atoms with Gasteiger partial charge in [-0.3, -0.25) is 4.90 Å². The van der Waals surface area contributed by atoms with Crippen molar-refractivity contribution >= 4 is 6.29 Å². The molecule has 2 nitrogen and oxygen atoms in total. The van der Waals surface area contributed by atoms with Crippen molar-refractivity contribution in [3.05, 3.63) is 0 Å². The highest BCUT2D eigenvalue weighted by Gasteiger charge is 2.52. The maximum absolute atomic E-state index is 14.9. The average Bonchev–Trinajstić information content (AvgIpc) is 2.90. The number of halogens is 2. The molecule has 116 valence electrons. The van der Waals surface area contributed by atoms with Crippen LogP contribution in [0.15, 0.2) is 0 Å². The van der Waals surface area contributed by atoms with Crippen LogP contribution in [-0.4, -0.2) is 35.7 Å². The number of hydrogen-bond acceptors (Lipinski definition) is 2. The lowest BCUT2D eigenvalue weighted by molar-refractivity contribution is -0.138. The van der Waals surface area contributed by atoms with Crippen molar-refractivity contribution in [2.24, 2.45) is 11.8 Å². The molecular formula is C16H27F2NO. The van der Waals surface area contributed by atoms with Gasteiger partial charge in [-0.25, -0.2) is 8.78 Å². The summed E-state index contributed by atoms with van der Waals surface area (Å²) in [6, 6.07) is -1.10. The molecule has 0 aromatic carbocycles. The van der Waals surface area contributed by atoms with Crippen LogP contribution in [0.2, 0.25) is 0 Å². The maximum atomic E-state index is 14.9. The number of likely N-dealkylation sites (tertiary alicyclic amines) is 1. The number of alkyl halides is 2. The molecule has 1 heterocycles. The van der Waals surface area contributed by atoms with Gasteiger partial charge in [0.25, 0.3) is 5.92 Å². The molecule has 1 aliphatic heterocycles. The summed E-state index contributed by atoms with van der Waals surface area (Å²) >= 11 is 0. The van der Waals surface area contributed by atoms with Crippen molar-refractivity contribution < 1.29 is 13.6 Å². The monoisotopic (exact) mass is 287 g/mol. The second-order valence-electron chi connectivity index (χ2n) is 6.78. The van der Waals surface area contributed by atoms with Gasteiger partial charge in [0.15, 0.2) is 0 Å². The number of hydrogen-bond donors (Lipinski definition) is 0. The van der Waals surface area contributed by atoms with Crippen molar-refractivity contribution in [1.82, 2.24) is 4.90 Å². The molecule has 4 heteroatoms. The van der Waals surface area contributed by atoms with Gasteiger partial charge < -0.3 is 4.79 Å². The zero-order chi connectivity index (χ0) is 14.8. The van der Waals surface area contributed by atoms with E-state index in [9.17, 15) is 13.6 Å². The van der Waals surface area contributed by atoms with Crippen molar-refractivity contribution in [3.63, 3.8) is 0 Å². The van der Waals surface area contributed by atoms with E-state index < -0.39 is 17.9 Å². The molecule has 2 rings (SSSR count).